The maximum Gasteiger partial charge on any atom is 0.191 e. The van der Waals surface area contributed by atoms with Gasteiger partial charge in [-0.3, -0.25) is 9.89 Å². The standard InChI is InChI=1S/C17H31N5S/c1-13-7-5-6-10-22(13)14(2)11-20-17(18-4)19-9-8-16-12-23-15(3)21-16/h12-14H,5-11H2,1-4H3,(H2,18,19,20). The van der Waals surface area contributed by atoms with E-state index in [9.17, 15) is 0 Å². The number of thiazole rings is 1. The zero-order valence-corrected chi connectivity index (χ0v) is 15.7. The average Bonchev–Trinajstić information content (AvgIpc) is 2.96. The van der Waals surface area contributed by atoms with Gasteiger partial charge in [-0.1, -0.05) is 6.42 Å². The smallest absolute Gasteiger partial charge is 0.191 e. The molecule has 0 spiro atoms. The molecule has 1 aliphatic heterocycles. The minimum absolute atomic E-state index is 0.532. The van der Waals surface area contributed by atoms with E-state index in [1.165, 1.54) is 25.8 Å². The molecule has 6 heteroatoms. The summed E-state index contributed by atoms with van der Waals surface area (Å²) in [6.07, 6.45) is 4.96. The van der Waals surface area contributed by atoms with Gasteiger partial charge in [0.25, 0.3) is 0 Å². The molecule has 23 heavy (non-hydrogen) atoms. The van der Waals surface area contributed by atoms with Gasteiger partial charge in [-0.25, -0.2) is 4.98 Å². The van der Waals surface area contributed by atoms with Crippen molar-refractivity contribution in [1.29, 1.82) is 0 Å². The first kappa shape index (κ1) is 18.2. The molecule has 1 aromatic rings. The highest BCUT2D eigenvalue weighted by Crippen LogP contribution is 2.18. The molecule has 2 unspecified atom stereocenters. The summed E-state index contributed by atoms with van der Waals surface area (Å²) >= 11 is 1.71. The number of rotatable bonds is 6. The number of nitrogens with one attached hydrogen (secondary N) is 2. The Hall–Kier alpha value is -1.14. The van der Waals surface area contributed by atoms with E-state index in [2.05, 4.69) is 44.7 Å². The number of hydrogen-bond donors (Lipinski definition) is 2. The second kappa shape index (κ2) is 9.23. The quantitative estimate of drug-likeness (QED) is 0.618. The number of piperidine rings is 1. The maximum atomic E-state index is 4.49. The average molecular weight is 338 g/mol. The Morgan fingerprint density at radius 3 is 2.96 bits per heavy atom. The van der Waals surface area contributed by atoms with Crippen LogP contribution in [0.15, 0.2) is 10.4 Å². The Labute approximate surface area is 144 Å². The molecule has 0 radical (unpaired) electrons. The number of likely N-dealkylation sites (tertiary alicyclic amines) is 1. The molecule has 0 amide bonds. The lowest BCUT2D eigenvalue weighted by Crippen LogP contribution is -2.50. The Morgan fingerprint density at radius 2 is 2.30 bits per heavy atom. The lowest BCUT2D eigenvalue weighted by molar-refractivity contribution is 0.115. The van der Waals surface area contributed by atoms with E-state index < -0.39 is 0 Å². The van der Waals surface area contributed by atoms with Crippen LogP contribution in [0.3, 0.4) is 0 Å². The third kappa shape index (κ3) is 5.77. The van der Waals surface area contributed by atoms with Crippen LogP contribution in [0, 0.1) is 6.92 Å². The first-order chi connectivity index (χ1) is 11.1. The summed E-state index contributed by atoms with van der Waals surface area (Å²) in [5.41, 5.74) is 1.16. The van der Waals surface area contributed by atoms with Gasteiger partial charge in [-0.05, 0) is 40.2 Å². The van der Waals surface area contributed by atoms with Crippen molar-refractivity contribution in [2.45, 2.75) is 58.5 Å². The number of aliphatic imine (C=N–C) groups is 1. The van der Waals surface area contributed by atoms with Crippen molar-refractivity contribution in [3.05, 3.63) is 16.1 Å². The molecule has 130 valence electrons. The molecule has 2 N–H and O–H groups in total. The first-order valence-corrected chi connectivity index (χ1v) is 9.59. The van der Waals surface area contributed by atoms with Crippen molar-refractivity contribution >= 4 is 17.3 Å². The van der Waals surface area contributed by atoms with Gasteiger partial charge in [-0.15, -0.1) is 11.3 Å². The molecule has 1 aliphatic rings. The summed E-state index contributed by atoms with van der Waals surface area (Å²) in [4.78, 5) is 11.4. The number of guanidine groups is 1. The lowest BCUT2D eigenvalue weighted by Gasteiger charge is -2.38. The van der Waals surface area contributed by atoms with Crippen LogP contribution in [0.4, 0.5) is 0 Å². The molecule has 1 saturated heterocycles. The fourth-order valence-corrected chi connectivity index (χ4v) is 3.84. The number of hydrogen-bond acceptors (Lipinski definition) is 4. The highest BCUT2D eigenvalue weighted by Gasteiger charge is 2.22. The van der Waals surface area contributed by atoms with Gasteiger partial charge < -0.3 is 10.6 Å². The molecule has 0 bridgehead atoms. The first-order valence-electron chi connectivity index (χ1n) is 8.71. The molecule has 5 nitrogen and oxygen atoms in total. The molecular formula is C17H31N5S. The van der Waals surface area contributed by atoms with Crippen molar-refractivity contribution in [2.24, 2.45) is 4.99 Å². The van der Waals surface area contributed by atoms with Gasteiger partial charge in [-0.2, -0.15) is 0 Å². The summed E-state index contributed by atoms with van der Waals surface area (Å²) in [6, 6.07) is 1.23. The molecule has 0 aliphatic carbocycles. The minimum atomic E-state index is 0.532. The third-order valence-corrected chi connectivity index (χ3v) is 5.37. The topological polar surface area (TPSA) is 52.6 Å². The van der Waals surface area contributed by atoms with Gasteiger partial charge in [0.1, 0.15) is 0 Å². The summed E-state index contributed by atoms with van der Waals surface area (Å²) in [5.74, 6) is 0.883. The van der Waals surface area contributed by atoms with Crippen molar-refractivity contribution in [3.8, 4) is 0 Å². The fraction of sp³-hybridized carbons (Fsp3) is 0.765. The maximum absolute atomic E-state index is 4.49. The molecule has 0 aromatic carbocycles. The normalized spacial score (nSPS) is 21.2. The Kier molecular flexibility index (Phi) is 7.30. The van der Waals surface area contributed by atoms with Gasteiger partial charge in [0.2, 0.25) is 0 Å². The predicted octanol–water partition coefficient (Wildman–Crippen LogP) is 2.42. The molecule has 2 heterocycles. The van der Waals surface area contributed by atoms with Crippen molar-refractivity contribution < 1.29 is 0 Å². The van der Waals surface area contributed by atoms with Crippen LogP contribution in [-0.2, 0) is 6.42 Å². The van der Waals surface area contributed by atoms with Gasteiger partial charge in [0.15, 0.2) is 5.96 Å². The van der Waals surface area contributed by atoms with E-state index >= 15 is 0 Å². The summed E-state index contributed by atoms with van der Waals surface area (Å²) in [7, 11) is 1.83. The van der Waals surface area contributed by atoms with E-state index in [-0.39, 0.29) is 0 Å². The van der Waals surface area contributed by atoms with Crippen molar-refractivity contribution in [1.82, 2.24) is 20.5 Å². The van der Waals surface area contributed by atoms with Crippen LogP contribution in [-0.4, -0.2) is 54.6 Å². The van der Waals surface area contributed by atoms with E-state index in [1.807, 2.05) is 14.0 Å². The van der Waals surface area contributed by atoms with Crippen LogP contribution < -0.4 is 10.6 Å². The van der Waals surface area contributed by atoms with Gasteiger partial charge in [0, 0.05) is 44.0 Å². The fourth-order valence-electron chi connectivity index (χ4n) is 3.19. The summed E-state index contributed by atoms with van der Waals surface area (Å²) in [5, 5.41) is 10.1. The molecular weight excluding hydrogens is 306 g/mol. The highest BCUT2D eigenvalue weighted by atomic mass is 32.1. The van der Waals surface area contributed by atoms with E-state index in [0.29, 0.717) is 12.1 Å². The van der Waals surface area contributed by atoms with Gasteiger partial charge >= 0.3 is 0 Å². The molecule has 1 fully saturated rings. The summed E-state index contributed by atoms with van der Waals surface area (Å²) in [6.45, 7) is 9.71. The van der Waals surface area contributed by atoms with Crippen LogP contribution in [0.1, 0.15) is 43.8 Å². The Bertz CT molecular complexity index is 499. The van der Waals surface area contributed by atoms with Crippen LogP contribution in [0.25, 0.3) is 0 Å². The van der Waals surface area contributed by atoms with Gasteiger partial charge in [0.05, 0.1) is 10.7 Å². The lowest BCUT2D eigenvalue weighted by atomic mass is 10.0. The minimum Gasteiger partial charge on any atom is -0.356 e. The number of aryl methyl sites for hydroxylation is 1. The van der Waals surface area contributed by atoms with Crippen LogP contribution in [0.2, 0.25) is 0 Å². The summed E-state index contributed by atoms with van der Waals surface area (Å²) < 4.78 is 0. The SMILES string of the molecule is CN=C(NCCc1csc(C)n1)NCC(C)N1CCCCC1C. The Morgan fingerprint density at radius 1 is 1.48 bits per heavy atom. The largest absolute Gasteiger partial charge is 0.356 e. The zero-order valence-electron chi connectivity index (χ0n) is 14.9. The molecule has 2 atom stereocenters. The molecule has 2 rings (SSSR count). The third-order valence-electron chi connectivity index (χ3n) is 4.55. The van der Waals surface area contributed by atoms with Crippen molar-refractivity contribution in [2.75, 3.05) is 26.7 Å². The second-order valence-corrected chi connectivity index (χ2v) is 7.48. The van der Waals surface area contributed by atoms with Crippen LogP contribution in [0.5, 0.6) is 0 Å². The van der Waals surface area contributed by atoms with E-state index in [4.69, 9.17) is 0 Å². The zero-order chi connectivity index (χ0) is 16.7. The van der Waals surface area contributed by atoms with Crippen LogP contribution >= 0.6 is 11.3 Å². The second-order valence-electron chi connectivity index (χ2n) is 6.42. The van der Waals surface area contributed by atoms with E-state index in [1.54, 1.807) is 11.3 Å². The molecule has 1 aromatic heterocycles. The number of nitrogens with zero attached hydrogens (tertiary/aromatic N) is 3. The van der Waals surface area contributed by atoms with E-state index in [0.717, 1.165) is 36.2 Å². The number of aromatic nitrogens is 1. The Balaban J connectivity index is 1.69. The predicted molar refractivity (Wildman–Crippen MR) is 99.4 cm³/mol. The monoisotopic (exact) mass is 337 g/mol. The molecule has 0 saturated carbocycles. The highest BCUT2D eigenvalue weighted by molar-refractivity contribution is 7.09. The van der Waals surface area contributed by atoms with Crippen molar-refractivity contribution in [3.63, 3.8) is 0 Å².